The molecule has 0 aromatic heterocycles. The Labute approximate surface area is 56.2 Å². The molecule has 1 radical (unpaired) electrons. The Morgan fingerprint density at radius 2 is 2.22 bits per heavy atom. The molecule has 0 heterocycles. The molecule has 1 heteroatoms. The predicted octanol–water partition coefficient (Wildman–Crippen LogP) is 1.42. The molecule has 2 N–H and O–H groups in total. The SMILES string of the molecule is CC1=C[CH]C(C)(N)C=C1. The molecule has 0 amide bonds. The number of rotatable bonds is 0. The lowest BCUT2D eigenvalue weighted by atomic mass is 9.92. The molecule has 0 spiro atoms. The van der Waals surface area contributed by atoms with Gasteiger partial charge < -0.3 is 5.73 Å². The van der Waals surface area contributed by atoms with E-state index in [1.807, 2.05) is 31.6 Å². The summed E-state index contributed by atoms with van der Waals surface area (Å²) in [6.07, 6.45) is 8.09. The fourth-order valence-corrected chi connectivity index (χ4v) is 0.733. The smallest absolute Gasteiger partial charge is 0.0383 e. The third-order valence-corrected chi connectivity index (χ3v) is 1.41. The molecule has 1 aliphatic carbocycles. The van der Waals surface area contributed by atoms with E-state index in [0.29, 0.717) is 0 Å². The summed E-state index contributed by atoms with van der Waals surface area (Å²) >= 11 is 0. The van der Waals surface area contributed by atoms with Crippen molar-refractivity contribution in [3.8, 4) is 0 Å². The van der Waals surface area contributed by atoms with Crippen molar-refractivity contribution in [1.29, 1.82) is 0 Å². The Bertz CT molecular complexity index is 163. The van der Waals surface area contributed by atoms with Gasteiger partial charge in [0.25, 0.3) is 0 Å². The number of hydrogen-bond donors (Lipinski definition) is 1. The van der Waals surface area contributed by atoms with Crippen molar-refractivity contribution in [2.24, 2.45) is 5.73 Å². The Hall–Kier alpha value is -0.560. The molecular weight excluding hydrogens is 110 g/mol. The summed E-state index contributed by atoms with van der Waals surface area (Å²) in [7, 11) is 0. The molecule has 0 saturated heterocycles. The molecule has 0 saturated carbocycles. The zero-order valence-corrected chi connectivity index (χ0v) is 5.89. The monoisotopic (exact) mass is 122 g/mol. The van der Waals surface area contributed by atoms with E-state index < -0.39 is 0 Å². The topological polar surface area (TPSA) is 26.0 Å². The predicted molar refractivity (Wildman–Crippen MR) is 39.8 cm³/mol. The van der Waals surface area contributed by atoms with Gasteiger partial charge in [-0.05, 0) is 13.8 Å². The van der Waals surface area contributed by atoms with Gasteiger partial charge in [-0.25, -0.2) is 0 Å². The first-order valence-electron chi connectivity index (χ1n) is 3.11. The van der Waals surface area contributed by atoms with Crippen molar-refractivity contribution in [3.05, 3.63) is 30.2 Å². The van der Waals surface area contributed by atoms with Crippen LogP contribution in [0, 0.1) is 6.42 Å². The molecule has 9 heavy (non-hydrogen) atoms. The van der Waals surface area contributed by atoms with Gasteiger partial charge in [0, 0.05) is 12.0 Å². The van der Waals surface area contributed by atoms with Gasteiger partial charge in [0.1, 0.15) is 0 Å². The van der Waals surface area contributed by atoms with Crippen LogP contribution >= 0.6 is 0 Å². The minimum atomic E-state index is -0.223. The van der Waals surface area contributed by atoms with Gasteiger partial charge in [-0.1, -0.05) is 23.8 Å². The molecule has 0 aromatic carbocycles. The third kappa shape index (κ3) is 1.68. The van der Waals surface area contributed by atoms with E-state index in [0.717, 1.165) is 0 Å². The summed E-state index contributed by atoms with van der Waals surface area (Å²) in [6.45, 7) is 4.04. The van der Waals surface area contributed by atoms with E-state index in [1.165, 1.54) is 5.57 Å². The minimum Gasteiger partial charge on any atom is -0.322 e. The van der Waals surface area contributed by atoms with E-state index in [1.54, 1.807) is 0 Å². The highest BCUT2D eigenvalue weighted by Gasteiger charge is 2.14. The lowest BCUT2D eigenvalue weighted by molar-refractivity contribution is 0.689. The van der Waals surface area contributed by atoms with Gasteiger partial charge in [-0.3, -0.25) is 0 Å². The van der Waals surface area contributed by atoms with Gasteiger partial charge in [0.2, 0.25) is 0 Å². The quantitative estimate of drug-likeness (QED) is 0.516. The Kier molecular flexibility index (Phi) is 1.45. The molecule has 1 rings (SSSR count). The van der Waals surface area contributed by atoms with Gasteiger partial charge in [-0.15, -0.1) is 0 Å². The highest BCUT2D eigenvalue weighted by molar-refractivity contribution is 5.33. The first kappa shape index (κ1) is 6.56. The molecule has 1 unspecified atom stereocenters. The van der Waals surface area contributed by atoms with Crippen LogP contribution in [0.2, 0.25) is 0 Å². The van der Waals surface area contributed by atoms with E-state index >= 15 is 0 Å². The molecule has 1 atom stereocenters. The average molecular weight is 122 g/mol. The van der Waals surface area contributed by atoms with Gasteiger partial charge in [-0.2, -0.15) is 0 Å². The standard InChI is InChI=1S/C8H12N/c1-7-3-5-8(2,9)6-4-7/h3-6H,9H2,1-2H3. The van der Waals surface area contributed by atoms with Gasteiger partial charge in [0.15, 0.2) is 0 Å². The van der Waals surface area contributed by atoms with Crippen molar-refractivity contribution < 1.29 is 0 Å². The molecule has 0 fully saturated rings. The van der Waals surface area contributed by atoms with Crippen molar-refractivity contribution >= 4 is 0 Å². The van der Waals surface area contributed by atoms with Crippen LogP contribution in [0.5, 0.6) is 0 Å². The van der Waals surface area contributed by atoms with Crippen LogP contribution in [0.1, 0.15) is 13.8 Å². The molecule has 49 valence electrons. The lowest BCUT2D eigenvalue weighted by Crippen LogP contribution is -2.34. The fraction of sp³-hybridized carbons (Fsp3) is 0.375. The first-order valence-corrected chi connectivity index (χ1v) is 3.11. The zero-order chi connectivity index (χ0) is 6.91. The summed E-state index contributed by atoms with van der Waals surface area (Å²) in [5.74, 6) is 0. The molecular formula is C8H12N. The largest absolute Gasteiger partial charge is 0.322 e. The molecule has 1 nitrogen and oxygen atoms in total. The summed E-state index contributed by atoms with van der Waals surface area (Å²) in [5.41, 5.74) is 6.79. The van der Waals surface area contributed by atoms with Crippen LogP contribution in [0.4, 0.5) is 0 Å². The summed E-state index contributed by atoms with van der Waals surface area (Å²) in [4.78, 5) is 0. The number of hydrogen-bond acceptors (Lipinski definition) is 1. The second kappa shape index (κ2) is 1.99. The summed E-state index contributed by atoms with van der Waals surface area (Å²) in [5, 5.41) is 0. The fourth-order valence-electron chi connectivity index (χ4n) is 0.733. The summed E-state index contributed by atoms with van der Waals surface area (Å²) < 4.78 is 0. The normalized spacial score (nSPS) is 34.3. The maximum atomic E-state index is 5.75. The maximum Gasteiger partial charge on any atom is 0.0383 e. The van der Waals surface area contributed by atoms with E-state index in [4.69, 9.17) is 5.73 Å². The van der Waals surface area contributed by atoms with Crippen LogP contribution in [0.15, 0.2) is 23.8 Å². The average Bonchev–Trinajstić information content (AvgIpc) is 1.78. The van der Waals surface area contributed by atoms with Crippen LogP contribution in [-0.2, 0) is 0 Å². The number of nitrogens with two attached hydrogens (primary N) is 1. The Morgan fingerprint density at radius 1 is 1.56 bits per heavy atom. The Morgan fingerprint density at radius 3 is 2.56 bits per heavy atom. The first-order chi connectivity index (χ1) is 4.10. The third-order valence-electron chi connectivity index (χ3n) is 1.41. The minimum absolute atomic E-state index is 0.223. The van der Waals surface area contributed by atoms with Crippen molar-refractivity contribution in [2.75, 3.05) is 0 Å². The maximum absolute atomic E-state index is 5.75. The second-order valence-electron chi connectivity index (χ2n) is 2.78. The molecule has 1 aliphatic rings. The zero-order valence-electron chi connectivity index (χ0n) is 5.89. The van der Waals surface area contributed by atoms with Crippen LogP contribution in [0.3, 0.4) is 0 Å². The number of allylic oxidation sites excluding steroid dienone is 2. The van der Waals surface area contributed by atoms with Crippen LogP contribution in [0.25, 0.3) is 0 Å². The second-order valence-corrected chi connectivity index (χ2v) is 2.78. The molecule has 0 bridgehead atoms. The van der Waals surface area contributed by atoms with E-state index in [-0.39, 0.29) is 5.54 Å². The van der Waals surface area contributed by atoms with E-state index in [2.05, 4.69) is 6.92 Å². The van der Waals surface area contributed by atoms with E-state index in [9.17, 15) is 0 Å². The molecule has 0 aromatic rings. The van der Waals surface area contributed by atoms with Crippen LogP contribution in [-0.4, -0.2) is 5.54 Å². The lowest BCUT2D eigenvalue weighted by Gasteiger charge is -2.20. The summed E-state index contributed by atoms with van der Waals surface area (Å²) in [6, 6.07) is 0. The molecule has 0 aliphatic heterocycles. The highest BCUT2D eigenvalue weighted by atomic mass is 14.7. The Balaban J connectivity index is 2.70. The highest BCUT2D eigenvalue weighted by Crippen LogP contribution is 2.15. The van der Waals surface area contributed by atoms with Gasteiger partial charge in [0.05, 0.1) is 0 Å². The van der Waals surface area contributed by atoms with Crippen molar-refractivity contribution in [3.63, 3.8) is 0 Å². The van der Waals surface area contributed by atoms with Crippen LogP contribution < -0.4 is 5.73 Å². The van der Waals surface area contributed by atoms with Crippen molar-refractivity contribution in [2.45, 2.75) is 19.4 Å². The van der Waals surface area contributed by atoms with Crippen molar-refractivity contribution in [1.82, 2.24) is 0 Å². The van der Waals surface area contributed by atoms with Gasteiger partial charge >= 0.3 is 0 Å².